The Morgan fingerprint density at radius 2 is 0.455 bits per heavy atom. The second kappa shape index (κ2) is 74.9. The van der Waals surface area contributed by atoms with Gasteiger partial charge in [-0.2, -0.15) is 0 Å². The molecule has 0 aliphatic heterocycles. The molecule has 0 bridgehead atoms. The number of carbonyl (C=O) groups excluding carboxylic acids is 4. The Labute approximate surface area is 619 Å². The summed E-state index contributed by atoms with van der Waals surface area (Å²) in [6.45, 7) is 7.35. The molecule has 0 aromatic heterocycles. The van der Waals surface area contributed by atoms with E-state index in [-0.39, 0.29) is 25.7 Å². The molecule has 0 saturated carbocycles. The highest BCUT2D eigenvalue weighted by Crippen LogP contribution is 2.45. The van der Waals surface area contributed by atoms with E-state index in [9.17, 15) is 43.2 Å². The molecule has 19 heteroatoms. The molecular formula is C82H160O17P2. The largest absolute Gasteiger partial charge is 0.472 e. The van der Waals surface area contributed by atoms with Gasteiger partial charge in [-0.25, -0.2) is 9.13 Å². The normalized spacial score (nSPS) is 13.8. The number of phosphoric acid groups is 2. The molecule has 0 aromatic rings. The summed E-state index contributed by atoms with van der Waals surface area (Å²) in [4.78, 5) is 73.0. The van der Waals surface area contributed by atoms with E-state index in [2.05, 4.69) is 34.6 Å². The van der Waals surface area contributed by atoms with E-state index in [1.54, 1.807) is 0 Å². The van der Waals surface area contributed by atoms with Gasteiger partial charge in [-0.1, -0.05) is 388 Å². The van der Waals surface area contributed by atoms with E-state index in [0.717, 1.165) is 95.8 Å². The third kappa shape index (κ3) is 76.1. The molecule has 3 N–H and O–H groups in total. The van der Waals surface area contributed by atoms with Crippen molar-refractivity contribution in [1.29, 1.82) is 0 Å². The number of ether oxygens (including phenoxy) is 4. The fourth-order valence-electron chi connectivity index (χ4n) is 12.8. The zero-order chi connectivity index (χ0) is 74.1. The molecule has 0 heterocycles. The first-order chi connectivity index (χ1) is 49.0. The van der Waals surface area contributed by atoms with Crippen molar-refractivity contribution in [2.45, 2.75) is 457 Å². The third-order valence-corrected chi connectivity index (χ3v) is 21.2. The minimum absolute atomic E-state index is 0.108. The molecule has 0 saturated heterocycles. The van der Waals surface area contributed by atoms with Crippen LogP contribution in [0.15, 0.2) is 0 Å². The molecular weight excluding hydrogens is 1320 g/mol. The lowest BCUT2D eigenvalue weighted by Gasteiger charge is -2.21. The van der Waals surface area contributed by atoms with Gasteiger partial charge in [-0.05, 0) is 31.6 Å². The van der Waals surface area contributed by atoms with Crippen molar-refractivity contribution in [1.82, 2.24) is 0 Å². The number of unbranched alkanes of at least 4 members (excludes halogenated alkanes) is 54. The van der Waals surface area contributed by atoms with Gasteiger partial charge in [0.25, 0.3) is 0 Å². The number of aliphatic hydroxyl groups is 1. The van der Waals surface area contributed by atoms with Crippen molar-refractivity contribution in [3.8, 4) is 0 Å². The minimum atomic E-state index is -4.96. The average molecular weight is 1480 g/mol. The Morgan fingerprint density at radius 1 is 0.267 bits per heavy atom. The van der Waals surface area contributed by atoms with Crippen LogP contribution in [-0.2, 0) is 65.4 Å². The van der Waals surface area contributed by atoms with Crippen LogP contribution in [0.3, 0.4) is 0 Å². The van der Waals surface area contributed by atoms with Gasteiger partial charge in [-0.15, -0.1) is 0 Å². The first-order valence-corrected chi connectivity index (χ1v) is 45.6. The lowest BCUT2D eigenvalue weighted by molar-refractivity contribution is -0.161. The van der Waals surface area contributed by atoms with E-state index in [1.165, 1.54) is 263 Å². The number of hydrogen-bond acceptors (Lipinski definition) is 15. The summed E-state index contributed by atoms with van der Waals surface area (Å²) in [6.07, 6.45) is 66.7. The molecule has 101 heavy (non-hydrogen) atoms. The number of esters is 4. The van der Waals surface area contributed by atoms with Gasteiger partial charge < -0.3 is 33.8 Å². The van der Waals surface area contributed by atoms with E-state index in [4.69, 9.17) is 37.0 Å². The van der Waals surface area contributed by atoms with E-state index >= 15 is 0 Å². The van der Waals surface area contributed by atoms with Gasteiger partial charge in [0.05, 0.1) is 26.4 Å². The molecule has 2 unspecified atom stereocenters. The fourth-order valence-corrected chi connectivity index (χ4v) is 14.3. The summed E-state index contributed by atoms with van der Waals surface area (Å²) < 4.78 is 68.7. The minimum Gasteiger partial charge on any atom is -0.462 e. The molecule has 0 spiro atoms. The monoisotopic (exact) mass is 1480 g/mol. The predicted octanol–water partition coefficient (Wildman–Crippen LogP) is 24.8. The molecule has 0 radical (unpaired) electrons. The Kier molecular flexibility index (Phi) is 73.5. The van der Waals surface area contributed by atoms with Crippen LogP contribution < -0.4 is 0 Å². The maximum atomic E-state index is 13.1. The van der Waals surface area contributed by atoms with Crippen molar-refractivity contribution in [2.75, 3.05) is 39.6 Å². The SMILES string of the molecule is CCCCCCCCCCCCCCCCCCCC(=O)OC[C@H](COP(=O)(O)OC[C@@H](O)COP(=O)(O)OC[C@@H](COC(=O)CCCCCCCCCC)OC(=O)CCCCCCCCCCCCCCCCC)OC(=O)CCCCCCCCCCCCCCCCCCCCC(C)C. The summed E-state index contributed by atoms with van der Waals surface area (Å²) in [5.74, 6) is -1.29. The quantitative estimate of drug-likeness (QED) is 0.0222. The maximum absolute atomic E-state index is 13.1. The van der Waals surface area contributed by atoms with Gasteiger partial charge in [0.15, 0.2) is 12.2 Å². The molecule has 0 aliphatic carbocycles. The number of phosphoric ester groups is 2. The second-order valence-corrected chi connectivity index (χ2v) is 32.9. The molecule has 17 nitrogen and oxygen atoms in total. The zero-order valence-electron chi connectivity index (χ0n) is 66.1. The zero-order valence-corrected chi connectivity index (χ0v) is 67.8. The van der Waals surface area contributed by atoms with Crippen molar-refractivity contribution in [3.05, 3.63) is 0 Å². The topological polar surface area (TPSA) is 237 Å². The summed E-state index contributed by atoms with van der Waals surface area (Å²) in [6, 6.07) is 0. The third-order valence-electron chi connectivity index (χ3n) is 19.3. The molecule has 600 valence electrons. The van der Waals surface area contributed by atoms with Crippen molar-refractivity contribution < 1.29 is 80.2 Å². The number of aliphatic hydroxyl groups excluding tert-OH is 1. The summed E-state index contributed by atoms with van der Waals surface area (Å²) >= 11 is 0. The second-order valence-electron chi connectivity index (χ2n) is 30.0. The molecule has 0 amide bonds. The molecule has 0 rings (SSSR count). The lowest BCUT2D eigenvalue weighted by atomic mass is 10.0. The Morgan fingerprint density at radius 3 is 0.673 bits per heavy atom. The Hall–Kier alpha value is -1.94. The van der Waals surface area contributed by atoms with Gasteiger partial charge >= 0.3 is 39.5 Å². The van der Waals surface area contributed by atoms with E-state index < -0.39 is 97.5 Å². The van der Waals surface area contributed by atoms with Gasteiger partial charge in [0.1, 0.15) is 19.3 Å². The van der Waals surface area contributed by atoms with Crippen LogP contribution >= 0.6 is 15.6 Å². The van der Waals surface area contributed by atoms with Crippen molar-refractivity contribution in [2.24, 2.45) is 5.92 Å². The Bertz CT molecular complexity index is 1930. The van der Waals surface area contributed by atoms with Gasteiger partial charge in [0, 0.05) is 25.7 Å². The molecule has 0 aliphatic rings. The number of hydrogen-bond donors (Lipinski definition) is 3. The summed E-state index contributed by atoms with van der Waals surface area (Å²) in [5, 5.41) is 10.6. The first-order valence-electron chi connectivity index (χ1n) is 42.6. The molecule has 5 atom stereocenters. The summed E-state index contributed by atoms with van der Waals surface area (Å²) in [7, 11) is -9.92. The van der Waals surface area contributed by atoms with Crippen LogP contribution in [0, 0.1) is 5.92 Å². The molecule has 0 aromatic carbocycles. The standard InChI is InChI=1S/C82H160O17P2/c1-6-9-12-15-18-21-23-25-27-30-35-38-42-46-51-56-61-66-80(85)93-72-78(99-82(87)68-63-58-53-48-44-40-36-32-29-28-31-34-37-41-45-49-54-59-64-75(4)5)74-97-101(90,91)95-70-76(83)69-94-100(88,89)96-73-77(71-92-79(84)65-60-55-50-20-17-14-11-8-3)98-81(86)67-62-57-52-47-43-39-33-26-24-22-19-16-13-10-7-2/h75-78,83H,6-74H2,1-5H3,(H,88,89)(H,90,91)/t76-,77+,78+/m0/s1. The van der Waals surface area contributed by atoms with Crippen LogP contribution in [0.4, 0.5) is 0 Å². The highest BCUT2D eigenvalue weighted by atomic mass is 31.2. The van der Waals surface area contributed by atoms with Crippen molar-refractivity contribution >= 4 is 39.5 Å². The van der Waals surface area contributed by atoms with Crippen LogP contribution in [-0.4, -0.2) is 96.7 Å². The van der Waals surface area contributed by atoms with Gasteiger partial charge in [0.2, 0.25) is 0 Å². The average Bonchev–Trinajstić information content (AvgIpc) is 0.945. The maximum Gasteiger partial charge on any atom is 0.472 e. The van der Waals surface area contributed by atoms with Crippen LogP contribution in [0.2, 0.25) is 0 Å². The first kappa shape index (κ1) is 99.1. The van der Waals surface area contributed by atoms with Crippen LogP contribution in [0.1, 0.15) is 439 Å². The Balaban J connectivity index is 5.19. The fraction of sp³-hybridized carbons (Fsp3) is 0.951. The smallest absolute Gasteiger partial charge is 0.462 e. The highest BCUT2D eigenvalue weighted by Gasteiger charge is 2.30. The summed E-state index contributed by atoms with van der Waals surface area (Å²) in [5.41, 5.74) is 0. The van der Waals surface area contributed by atoms with Crippen molar-refractivity contribution in [3.63, 3.8) is 0 Å². The molecule has 0 fully saturated rings. The van der Waals surface area contributed by atoms with Crippen LogP contribution in [0.5, 0.6) is 0 Å². The van der Waals surface area contributed by atoms with E-state index in [1.807, 2.05) is 0 Å². The van der Waals surface area contributed by atoms with E-state index in [0.29, 0.717) is 25.7 Å². The number of carbonyl (C=O) groups is 4. The van der Waals surface area contributed by atoms with Crippen LogP contribution in [0.25, 0.3) is 0 Å². The van der Waals surface area contributed by atoms with Gasteiger partial charge in [-0.3, -0.25) is 37.3 Å². The highest BCUT2D eigenvalue weighted by molar-refractivity contribution is 7.47. The lowest BCUT2D eigenvalue weighted by Crippen LogP contribution is -2.30. The predicted molar refractivity (Wildman–Crippen MR) is 414 cm³/mol. The number of rotatable bonds is 82.